The molecule has 0 spiro atoms. The highest BCUT2D eigenvalue weighted by atomic mass is 32.2. The Morgan fingerprint density at radius 2 is 1.72 bits per heavy atom. The van der Waals surface area contributed by atoms with Crippen LogP contribution in [0.3, 0.4) is 0 Å². The normalized spacial score (nSPS) is 15.2. The molecule has 1 aliphatic heterocycles. The number of nitrogens with zero attached hydrogens (tertiary/aromatic N) is 4. The Morgan fingerprint density at radius 3 is 2.41 bits per heavy atom. The first-order valence-electron chi connectivity index (χ1n) is 8.97. The van der Waals surface area contributed by atoms with E-state index in [0.717, 1.165) is 28.6 Å². The number of ether oxygens (including phenoxy) is 1. The first kappa shape index (κ1) is 21.9. The highest BCUT2D eigenvalue weighted by Gasteiger charge is 2.44. The summed E-state index contributed by atoms with van der Waals surface area (Å²) in [7, 11) is 0. The Hall–Kier alpha value is -3.28. The van der Waals surface area contributed by atoms with Crippen molar-refractivity contribution in [1.29, 1.82) is 0 Å². The van der Waals surface area contributed by atoms with Crippen molar-refractivity contribution in [2.75, 3.05) is 0 Å². The van der Waals surface area contributed by atoms with Gasteiger partial charge in [0, 0.05) is 10.5 Å². The van der Waals surface area contributed by atoms with Gasteiger partial charge in [-0.15, -0.1) is 10.2 Å². The molecule has 0 aliphatic carbocycles. The number of allylic oxidation sites excluding steroid dienone is 1. The van der Waals surface area contributed by atoms with Crippen LogP contribution >= 0.6 is 11.8 Å². The smallest absolute Gasteiger partial charge is 0.428 e. The predicted molar refractivity (Wildman–Crippen MR) is 105 cm³/mol. The zero-order valence-corrected chi connectivity index (χ0v) is 16.6. The van der Waals surface area contributed by atoms with Gasteiger partial charge in [-0.1, -0.05) is 42.5 Å². The Labute approximate surface area is 181 Å². The van der Waals surface area contributed by atoms with Crippen LogP contribution in [0.15, 0.2) is 69.8 Å². The maximum absolute atomic E-state index is 13.3. The van der Waals surface area contributed by atoms with Crippen molar-refractivity contribution in [3.05, 3.63) is 76.5 Å². The van der Waals surface area contributed by atoms with Gasteiger partial charge >= 0.3 is 12.5 Å². The van der Waals surface area contributed by atoms with Crippen molar-refractivity contribution in [2.24, 2.45) is 5.10 Å². The van der Waals surface area contributed by atoms with Crippen molar-refractivity contribution in [2.45, 2.75) is 24.1 Å². The molecule has 166 valence electrons. The summed E-state index contributed by atoms with van der Waals surface area (Å²) in [4.78, 5) is 0.453. The van der Waals surface area contributed by atoms with E-state index in [4.69, 9.17) is 0 Å². The molecule has 4 rings (SSSR count). The molecule has 5 nitrogen and oxygen atoms in total. The molecule has 1 aromatic heterocycles. The van der Waals surface area contributed by atoms with Crippen LogP contribution in [0.2, 0.25) is 0 Å². The molecule has 0 atom stereocenters. The number of aromatic nitrogens is 3. The van der Waals surface area contributed by atoms with Crippen LogP contribution in [-0.4, -0.2) is 33.1 Å². The molecule has 0 radical (unpaired) electrons. The number of hydrogen-bond acceptors (Lipinski definition) is 5. The van der Waals surface area contributed by atoms with Gasteiger partial charge < -0.3 is 4.74 Å². The molecule has 0 fully saturated rings. The lowest BCUT2D eigenvalue weighted by Crippen LogP contribution is -2.33. The number of hydrogen-bond donors (Lipinski definition) is 0. The SMILES string of the molecule is FC(F)c1nnc2n1N=C(c1ccccc1)/C(=C\c1cccc(OC(F)(F)C(F)F)c1)S2. The third kappa shape index (κ3) is 4.49. The Bertz CT molecular complexity index is 1180. The zero-order chi connectivity index (χ0) is 22.9. The molecular formula is C20H12F6N4OS. The number of alkyl halides is 6. The summed E-state index contributed by atoms with van der Waals surface area (Å²) in [5.41, 5.74) is 1.25. The number of fused-ring (bicyclic) bond motifs is 1. The highest BCUT2D eigenvalue weighted by Crippen LogP contribution is 2.37. The van der Waals surface area contributed by atoms with Gasteiger partial charge in [0.2, 0.25) is 11.0 Å². The molecule has 1 aliphatic rings. The van der Waals surface area contributed by atoms with Crippen molar-refractivity contribution in [3.8, 4) is 5.75 Å². The second-order valence-corrected chi connectivity index (χ2v) is 7.42. The standard InChI is InChI=1S/C20H12F6N4OS/c21-16(22)17-27-28-19-30(17)29-15(12-6-2-1-3-7-12)14(32-19)10-11-5-4-8-13(9-11)31-20(25,26)18(23)24/h1-10,16,18H/b14-10+. The minimum absolute atomic E-state index is 0.0860. The second kappa shape index (κ2) is 8.69. The fraction of sp³-hybridized carbons (Fsp3) is 0.150. The Kier molecular flexibility index (Phi) is 5.96. The molecule has 0 N–H and O–H groups in total. The van der Waals surface area contributed by atoms with Gasteiger partial charge in [0.25, 0.3) is 6.43 Å². The van der Waals surface area contributed by atoms with Crippen molar-refractivity contribution < 1.29 is 31.1 Å². The summed E-state index contributed by atoms with van der Waals surface area (Å²) in [6.45, 7) is 0. The first-order valence-corrected chi connectivity index (χ1v) is 9.79. The third-order valence-corrected chi connectivity index (χ3v) is 5.15. The lowest BCUT2D eigenvalue weighted by Gasteiger charge is -2.18. The summed E-state index contributed by atoms with van der Waals surface area (Å²) < 4.78 is 82.9. The zero-order valence-electron chi connectivity index (χ0n) is 15.8. The van der Waals surface area contributed by atoms with Gasteiger partial charge in [-0.2, -0.15) is 27.3 Å². The summed E-state index contributed by atoms with van der Waals surface area (Å²) in [5, 5.41) is 11.5. The molecule has 0 amide bonds. The fourth-order valence-electron chi connectivity index (χ4n) is 2.78. The maximum atomic E-state index is 13.3. The van der Waals surface area contributed by atoms with Crippen LogP contribution in [0.4, 0.5) is 26.3 Å². The number of halogens is 6. The van der Waals surface area contributed by atoms with Gasteiger partial charge in [-0.05, 0) is 35.5 Å². The maximum Gasteiger partial charge on any atom is 0.461 e. The average molecular weight is 470 g/mol. The van der Waals surface area contributed by atoms with Crippen LogP contribution in [0.5, 0.6) is 5.75 Å². The third-order valence-electron chi connectivity index (χ3n) is 4.18. The van der Waals surface area contributed by atoms with E-state index in [9.17, 15) is 26.3 Å². The number of thioether (sulfide) groups is 1. The average Bonchev–Trinajstić information content (AvgIpc) is 3.17. The molecule has 0 unspecified atom stereocenters. The van der Waals surface area contributed by atoms with E-state index in [2.05, 4.69) is 20.0 Å². The number of benzene rings is 2. The van der Waals surface area contributed by atoms with Gasteiger partial charge in [0.15, 0.2) is 0 Å². The monoisotopic (exact) mass is 470 g/mol. The van der Waals surface area contributed by atoms with Crippen LogP contribution in [0, 0.1) is 0 Å². The Morgan fingerprint density at radius 1 is 0.969 bits per heavy atom. The fourth-order valence-corrected chi connectivity index (χ4v) is 3.73. The molecular weight excluding hydrogens is 458 g/mol. The van der Waals surface area contributed by atoms with Gasteiger partial charge in [0.05, 0.1) is 0 Å². The van der Waals surface area contributed by atoms with Crippen LogP contribution < -0.4 is 4.74 Å². The minimum Gasteiger partial charge on any atom is -0.428 e. The van der Waals surface area contributed by atoms with E-state index in [0.29, 0.717) is 21.7 Å². The quantitative estimate of drug-likeness (QED) is 0.424. The van der Waals surface area contributed by atoms with Crippen LogP contribution in [0.25, 0.3) is 6.08 Å². The van der Waals surface area contributed by atoms with Crippen molar-refractivity contribution in [3.63, 3.8) is 0 Å². The van der Waals surface area contributed by atoms with Gasteiger partial charge in [-0.3, -0.25) is 0 Å². The molecule has 0 saturated heterocycles. The highest BCUT2D eigenvalue weighted by molar-refractivity contribution is 8.04. The van der Waals surface area contributed by atoms with E-state index in [1.54, 1.807) is 30.3 Å². The Balaban J connectivity index is 1.75. The molecule has 32 heavy (non-hydrogen) atoms. The van der Waals surface area contributed by atoms with E-state index in [1.807, 2.05) is 0 Å². The largest absolute Gasteiger partial charge is 0.461 e. The number of rotatable bonds is 6. The van der Waals surface area contributed by atoms with E-state index < -0.39 is 30.5 Å². The summed E-state index contributed by atoms with van der Waals surface area (Å²) >= 11 is 0.994. The van der Waals surface area contributed by atoms with E-state index >= 15 is 0 Å². The molecule has 3 aromatic rings. The van der Waals surface area contributed by atoms with Gasteiger partial charge in [-0.25, -0.2) is 8.78 Å². The minimum atomic E-state index is -4.65. The van der Waals surface area contributed by atoms with Crippen LogP contribution in [0.1, 0.15) is 23.4 Å². The molecule has 12 heteroatoms. The summed E-state index contributed by atoms with van der Waals surface area (Å²) in [6.07, 6.45) is -10.0. The molecule has 2 aromatic carbocycles. The van der Waals surface area contributed by atoms with Crippen molar-refractivity contribution in [1.82, 2.24) is 14.9 Å². The first-order chi connectivity index (χ1) is 15.2. The van der Waals surface area contributed by atoms with E-state index in [1.165, 1.54) is 18.2 Å². The second-order valence-electron chi connectivity index (χ2n) is 6.42. The predicted octanol–water partition coefficient (Wildman–Crippen LogP) is 5.85. The molecule has 2 heterocycles. The topological polar surface area (TPSA) is 52.3 Å². The summed E-state index contributed by atoms with van der Waals surface area (Å²) in [6, 6.07) is 13.8. The van der Waals surface area contributed by atoms with Crippen LogP contribution in [-0.2, 0) is 0 Å². The lowest BCUT2D eigenvalue weighted by molar-refractivity contribution is -0.253. The molecule has 0 bridgehead atoms. The van der Waals surface area contributed by atoms with Crippen molar-refractivity contribution >= 4 is 23.5 Å². The van der Waals surface area contributed by atoms with Gasteiger partial charge in [0.1, 0.15) is 11.5 Å². The summed E-state index contributed by atoms with van der Waals surface area (Å²) in [5.74, 6) is -1.09. The molecule has 0 saturated carbocycles. The lowest BCUT2D eigenvalue weighted by atomic mass is 10.1. The van der Waals surface area contributed by atoms with E-state index in [-0.39, 0.29) is 5.16 Å².